The third kappa shape index (κ3) is 3.03. The minimum atomic E-state index is -0.481. The van der Waals surface area contributed by atoms with E-state index in [0.717, 1.165) is 51.6 Å². The van der Waals surface area contributed by atoms with Crippen LogP contribution in [0.1, 0.15) is 24.1 Å². The van der Waals surface area contributed by atoms with Crippen LogP contribution in [0.25, 0.3) is 0 Å². The fourth-order valence-corrected chi connectivity index (χ4v) is 3.16. The van der Waals surface area contributed by atoms with Gasteiger partial charge in [-0.15, -0.1) is 0 Å². The number of anilines is 5. The second kappa shape index (κ2) is 7.35. The first-order chi connectivity index (χ1) is 12.6. The summed E-state index contributed by atoms with van der Waals surface area (Å²) in [6.07, 6.45) is 0.877. The number of aldehydes is 1. The number of rotatable bonds is 6. The number of carbonyl (C=O) groups excluding carboxylic acids is 1. The van der Waals surface area contributed by atoms with E-state index in [1.165, 1.54) is 0 Å². The number of hydrazone groups is 1. The number of nitrogens with zero attached hydrogens (tertiary/aromatic N) is 1. The minimum absolute atomic E-state index is 0.481. The van der Waals surface area contributed by atoms with Gasteiger partial charge in [0.2, 0.25) is 0 Å². The van der Waals surface area contributed by atoms with Crippen LogP contribution in [0.3, 0.4) is 0 Å². The maximum Gasteiger partial charge on any atom is 0.148 e. The summed E-state index contributed by atoms with van der Waals surface area (Å²) < 4.78 is 0. The second-order valence-corrected chi connectivity index (χ2v) is 6.03. The molecule has 1 atom stereocenters. The van der Waals surface area contributed by atoms with Crippen LogP contribution in [0.5, 0.6) is 0 Å². The van der Waals surface area contributed by atoms with Crippen LogP contribution >= 0.6 is 0 Å². The Balaban J connectivity index is 2.12. The lowest BCUT2D eigenvalue weighted by Gasteiger charge is -2.26. The predicted octanol–water partition coefficient (Wildman–Crippen LogP) is 3.12. The zero-order valence-corrected chi connectivity index (χ0v) is 15.4. The van der Waals surface area contributed by atoms with Crippen LogP contribution in [0.4, 0.5) is 28.4 Å². The van der Waals surface area contributed by atoms with E-state index >= 15 is 0 Å². The van der Waals surface area contributed by atoms with E-state index in [1.807, 2.05) is 58.4 Å². The summed E-state index contributed by atoms with van der Waals surface area (Å²) in [6.45, 7) is 1.93. The van der Waals surface area contributed by atoms with Gasteiger partial charge >= 0.3 is 0 Å². The maximum atomic E-state index is 11.6. The summed E-state index contributed by atoms with van der Waals surface area (Å²) in [7, 11) is 5.65. The highest BCUT2D eigenvalue weighted by atomic mass is 16.1. The predicted molar refractivity (Wildman–Crippen MR) is 109 cm³/mol. The summed E-state index contributed by atoms with van der Waals surface area (Å²) >= 11 is 0. The highest BCUT2D eigenvalue weighted by Gasteiger charge is 2.24. The van der Waals surface area contributed by atoms with Gasteiger partial charge in [-0.05, 0) is 25.1 Å². The van der Waals surface area contributed by atoms with Gasteiger partial charge in [-0.3, -0.25) is 5.43 Å². The highest BCUT2D eigenvalue weighted by molar-refractivity contribution is 6.04. The Labute approximate surface area is 153 Å². The molecule has 0 amide bonds. The monoisotopic (exact) mass is 352 g/mol. The molecule has 1 heterocycles. The molecule has 2 aromatic carbocycles. The van der Waals surface area contributed by atoms with Gasteiger partial charge < -0.3 is 26.1 Å². The van der Waals surface area contributed by atoms with E-state index in [2.05, 4.69) is 31.8 Å². The average molecular weight is 352 g/mol. The molecule has 0 aliphatic carbocycles. The van der Waals surface area contributed by atoms with Gasteiger partial charge in [0.25, 0.3) is 0 Å². The molecule has 7 nitrogen and oxygen atoms in total. The number of carbonyl (C=O) groups is 1. The third-order valence-electron chi connectivity index (χ3n) is 4.54. The maximum absolute atomic E-state index is 11.6. The topological polar surface area (TPSA) is 89.6 Å². The summed E-state index contributed by atoms with van der Waals surface area (Å²) in [5.74, 6) is 0. The van der Waals surface area contributed by atoms with Crippen LogP contribution < -0.4 is 26.7 Å². The molecule has 0 radical (unpaired) electrons. The molecule has 136 valence electrons. The van der Waals surface area contributed by atoms with E-state index in [0.29, 0.717) is 0 Å². The summed E-state index contributed by atoms with van der Waals surface area (Å²) in [4.78, 5) is 11.6. The molecule has 26 heavy (non-hydrogen) atoms. The Kier molecular flexibility index (Phi) is 4.97. The number of fused-ring (bicyclic) bond motifs is 1. The van der Waals surface area contributed by atoms with Gasteiger partial charge in [-0.2, -0.15) is 5.10 Å². The molecule has 3 rings (SSSR count). The van der Waals surface area contributed by atoms with E-state index in [1.54, 1.807) is 0 Å². The van der Waals surface area contributed by atoms with Crippen molar-refractivity contribution in [1.82, 2.24) is 5.43 Å². The molecule has 0 saturated carbocycles. The van der Waals surface area contributed by atoms with Crippen molar-refractivity contribution >= 4 is 40.4 Å². The molecule has 0 bridgehead atoms. The molecular weight excluding hydrogens is 328 g/mol. The first-order valence-corrected chi connectivity index (χ1v) is 8.49. The average Bonchev–Trinajstić information content (AvgIpc) is 2.68. The lowest BCUT2D eigenvalue weighted by Crippen LogP contribution is -2.27. The van der Waals surface area contributed by atoms with Gasteiger partial charge in [0.15, 0.2) is 0 Å². The van der Waals surface area contributed by atoms with Crippen molar-refractivity contribution in [1.29, 1.82) is 0 Å². The Morgan fingerprint density at radius 3 is 2.31 bits per heavy atom. The third-order valence-corrected chi connectivity index (χ3v) is 4.54. The Morgan fingerprint density at radius 2 is 1.73 bits per heavy atom. The lowest BCUT2D eigenvalue weighted by molar-refractivity contribution is -0.109. The van der Waals surface area contributed by atoms with E-state index in [4.69, 9.17) is 0 Å². The second-order valence-electron chi connectivity index (χ2n) is 6.03. The number of hydrogen-bond acceptors (Lipinski definition) is 7. The highest BCUT2D eigenvalue weighted by Crippen LogP contribution is 2.39. The van der Waals surface area contributed by atoms with Crippen molar-refractivity contribution < 1.29 is 4.79 Å². The van der Waals surface area contributed by atoms with E-state index in [-0.39, 0.29) is 0 Å². The van der Waals surface area contributed by atoms with Crippen molar-refractivity contribution in [3.63, 3.8) is 0 Å². The van der Waals surface area contributed by atoms with Gasteiger partial charge in [-0.1, -0.05) is 12.1 Å². The van der Waals surface area contributed by atoms with Crippen molar-refractivity contribution in [2.45, 2.75) is 13.0 Å². The fraction of sp³-hybridized carbons (Fsp3) is 0.263. The van der Waals surface area contributed by atoms with E-state index < -0.39 is 6.04 Å². The number of benzene rings is 2. The normalized spacial score (nSPS) is 15.2. The van der Waals surface area contributed by atoms with Crippen molar-refractivity contribution in [3.8, 4) is 0 Å². The first-order valence-electron chi connectivity index (χ1n) is 8.49. The molecule has 0 saturated heterocycles. The summed E-state index contributed by atoms with van der Waals surface area (Å²) in [5.41, 5.74) is 10.3. The number of hydrogen-bond donors (Lipinski definition) is 5. The molecule has 1 aliphatic heterocycles. The molecular formula is C19H24N6O. The summed E-state index contributed by atoms with van der Waals surface area (Å²) in [5, 5.41) is 17.4. The van der Waals surface area contributed by atoms with E-state index in [9.17, 15) is 4.79 Å². The standard InChI is InChI=1S/C19H24N6O/c1-11-13-6-5-7-14(18(13)17(10-26)25-24-11)23-19-15(21-3)8-12(20-2)9-16(19)22-4/h5-10,17,20-23,25H,1-4H3. The molecule has 0 fully saturated rings. The zero-order valence-electron chi connectivity index (χ0n) is 15.4. The van der Waals surface area contributed by atoms with Crippen LogP contribution in [0.2, 0.25) is 0 Å². The zero-order chi connectivity index (χ0) is 18.7. The lowest BCUT2D eigenvalue weighted by atomic mass is 9.95. The largest absolute Gasteiger partial charge is 0.388 e. The van der Waals surface area contributed by atoms with Crippen LogP contribution in [0.15, 0.2) is 35.4 Å². The number of nitrogens with one attached hydrogen (secondary N) is 5. The van der Waals surface area contributed by atoms with Crippen LogP contribution in [0, 0.1) is 0 Å². The molecule has 0 spiro atoms. The Hall–Kier alpha value is -3.22. The van der Waals surface area contributed by atoms with Crippen LogP contribution in [-0.2, 0) is 4.79 Å². The van der Waals surface area contributed by atoms with Gasteiger partial charge in [0, 0.05) is 43.6 Å². The SMILES string of the molecule is CNc1cc(NC)c(Nc2cccc3c2C(C=O)NN=C3C)c(NC)c1. The van der Waals surface area contributed by atoms with Crippen LogP contribution in [-0.4, -0.2) is 33.1 Å². The first kappa shape index (κ1) is 17.6. The molecule has 0 aromatic heterocycles. The van der Waals surface area contributed by atoms with Gasteiger partial charge in [0.1, 0.15) is 12.3 Å². The molecule has 5 N–H and O–H groups in total. The molecule has 2 aromatic rings. The van der Waals surface area contributed by atoms with Crippen molar-refractivity contribution in [2.75, 3.05) is 42.4 Å². The fourth-order valence-electron chi connectivity index (χ4n) is 3.16. The molecule has 1 unspecified atom stereocenters. The molecule has 1 aliphatic rings. The van der Waals surface area contributed by atoms with Gasteiger partial charge in [0.05, 0.1) is 22.8 Å². The van der Waals surface area contributed by atoms with Gasteiger partial charge in [-0.25, -0.2) is 0 Å². The van der Waals surface area contributed by atoms with Crippen molar-refractivity contribution in [2.24, 2.45) is 5.10 Å². The minimum Gasteiger partial charge on any atom is -0.388 e. The Morgan fingerprint density at radius 1 is 1.04 bits per heavy atom. The summed E-state index contributed by atoms with van der Waals surface area (Å²) in [6, 6.07) is 9.50. The smallest absolute Gasteiger partial charge is 0.148 e. The molecule has 7 heteroatoms. The quantitative estimate of drug-likeness (QED) is 0.513. The Bertz CT molecular complexity index is 836. The van der Waals surface area contributed by atoms with Crippen molar-refractivity contribution in [3.05, 3.63) is 41.5 Å².